The van der Waals surface area contributed by atoms with Crippen molar-refractivity contribution in [3.63, 3.8) is 0 Å². The van der Waals surface area contributed by atoms with Gasteiger partial charge in [-0.3, -0.25) is 9.69 Å². The van der Waals surface area contributed by atoms with Crippen molar-refractivity contribution in [2.75, 3.05) is 24.6 Å². The van der Waals surface area contributed by atoms with Crippen LogP contribution >= 0.6 is 11.3 Å². The Morgan fingerprint density at radius 2 is 2.20 bits per heavy atom. The number of thiophene rings is 1. The van der Waals surface area contributed by atoms with Crippen LogP contribution in [0.5, 0.6) is 0 Å². The van der Waals surface area contributed by atoms with E-state index in [1.54, 1.807) is 47.6 Å². The Morgan fingerprint density at radius 3 is 3.00 bits per heavy atom. The Bertz CT molecular complexity index is 1730. The Hall–Kier alpha value is -4.10. The smallest absolute Gasteiger partial charge is 0.262 e. The Morgan fingerprint density at radius 1 is 1.29 bits per heavy atom. The Labute approximate surface area is 239 Å². The van der Waals surface area contributed by atoms with Gasteiger partial charge in [-0.05, 0) is 74.9 Å². The number of aliphatic hydroxyl groups is 1. The van der Waals surface area contributed by atoms with Gasteiger partial charge < -0.3 is 15.2 Å². The molecule has 5 aromatic rings. The highest BCUT2D eigenvalue weighted by atomic mass is 32.1. The summed E-state index contributed by atoms with van der Waals surface area (Å²) in [4.78, 5) is 25.5. The van der Waals surface area contributed by atoms with Crippen molar-refractivity contribution >= 4 is 50.4 Å². The molecule has 1 unspecified atom stereocenters. The van der Waals surface area contributed by atoms with E-state index in [2.05, 4.69) is 25.6 Å². The van der Waals surface area contributed by atoms with Crippen LogP contribution in [-0.2, 0) is 4.74 Å². The number of nitrogens with zero attached hydrogens (tertiary/aromatic N) is 6. The molecule has 1 amide bonds. The molecule has 1 fully saturated rings. The molecule has 0 bridgehead atoms. The average molecular weight is 574 g/mol. The van der Waals surface area contributed by atoms with E-state index in [0.29, 0.717) is 35.8 Å². The summed E-state index contributed by atoms with van der Waals surface area (Å²) < 4.78 is 23.2. The van der Waals surface area contributed by atoms with Crippen molar-refractivity contribution in [1.82, 2.24) is 30.3 Å². The number of aromatic nitrogens is 5. The SMILES string of the molecule is CCOC(O)/C=C/c1cc2c(N(C(=O)c3ccc(-n4nnc5cccnc54)cc3F)[C@@H]3CCCNC3)nccc2s1. The number of rotatable bonds is 8. The lowest BCUT2D eigenvalue weighted by atomic mass is 10.0. The summed E-state index contributed by atoms with van der Waals surface area (Å²) in [6.45, 7) is 3.62. The number of halogens is 1. The number of hydrogen-bond acceptors (Lipinski definition) is 9. The van der Waals surface area contributed by atoms with Gasteiger partial charge in [-0.15, -0.1) is 16.4 Å². The fraction of sp³-hybridized carbons (Fsp3) is 0.276. The second kappa shape index (κ2) is 11.8. The molecule has 0 aliphatic carbocycles. The maximum atomic E-state index is 15.7. The summed E-state index contributed by atoms with van der Waals surface area (Å²) in [5, 5.41) is 22.3. The van der Waals surface area contributed by atoms with Crippen LogP contribution in [0.3, 0.4) is 0 Å². The highest BCUT2D eigenvalue weighted by molar-refractivity contribution is 7.19. The molecular weight excluding hydrogens is 545 g/mol. The van der Waals surface area contributed by atoms with Gasteiger partial charge in [-0.1, -0.05) is 5.21 Å². The summed E-state index contributed by atoms with van der Waals surface area (Å²) >= 11 is 1.50. The zero-order valence-corrected chi connectivity index (χ0v) is 23.1. The first-order valence-electron chi connectivity index (χ1n) is 13.4. The van der Waals surface area contributed by atoms with E-state index in [4.69, 9.17) is 4.74 Å². The van der Waals surface area contributed by atoms with Crippen LogP contribution in [-0.4, -0.2) is 68.0 Å². The lowest BCUT2D eigenvalue weighted by molar-refractivity contribution is -0.0581. The molecule has 210 valence electrons. The zero-order valence-electron chi connectivity index (χ0n) is 22.3. The summed E-state index contributed by atoms with van der Waals surface area (Å²) in [5.41, 5.74) is 1.42. The standard InChI is InChI=1S/C29H28FN7O3S/c1-2-40-26(38)10-8-20-16-22-25(41-20)11-14-33-27(22)36(19-5-3-12-31-17-19)29(39)21-9-7-18(15-23(21)30)37-28-24(34-35-37)6-4-13-32-28/h4,6-11,13-16,19,26,31,38H,2-3,5,12,17H2,1H3/b10-8+/t19-,26?/m1/s1. The lowest BCUT2D eigenvalue weighted by Gasteiger charge is -2.34. The van der Waals surface area contributed by atoms with Gasteiger partial charge in [-0.2, -0.15) is 4.68 Å². The van der Waals surface area contributed by atoms with Gasteiger partial charge in [0.15, 0.2) is 11.9 Å². The van der Waals surface area contributed by atoms with Crippen molar-refractivity contribution in [2.45, 2.75) is 32.1 Å². The number of anilines is 1. The number of hydrogen-bond donors (Lipinski definition) is 2. The van der Waals surface area contributed by atoms with Gasteiger partial charge in [0.1, 0.15) is 17.2 Å². The third-order valence-corrected chi connectivity index (χ3v) is 7.99. The van der Waals surface area contributed by atoms with Crippen molar-refractivity contribution in [1.29, 1.82) is 0 Å². The fourth-order valence-corrected chi connectivity index (χ4v) is 5.98. The number of piperidine rings is 1. The summed E-state index contributed by atoms with van der Waals surface area (Å²) in [6.07, 6.45) is 7.26. The van der Waals surface area contributed by atoms with Crippen LogP contribution in [0.1, 0.15) is 35.0 Å². The number of amides is 1. The first kappa shape index (κ1) is 27.1. The fourth-order valence-electron chi connectivity index (χ4n) is 5.01. The number of benzene rings is 1. The number of carbonyl (C=O) groups is 1. The molecule has 1 aromatic carbocycles. The molecule has 4 aromatic heterocycles. The number of nitrogens with one attached hydrogen (secondary N) is 1. The van der Waals surface area contributed by atoms with Crippen molar-refractivity contribution in [2.24, 2.45) is 0 Å². The van der Waals surface area contributed by atoms with Gasteiger partial charge >= 0.3 is 0 Å². The second-order valence-corrected chi connectivity index (χ2v) is 10.7. The molecule has 1 saturated heterocycles. The van der Waals surface area contributed by atoms with Gasteiger partial charge in [0.25, 0.3) is 5.91 Å². The van der Waals surface area contributed by atoms with Gasteiger partial charge in [0.2, 0.25) is 0 Å². The zero-order chi connectivity index (χ0) is 28.3. The first-order valence-corrected chi connectivity index (χ1v) is 14.2. The van der Waals surface area contributed by atoms with E-state index in [1.165, 1.54) is 28.2 Å². The van der Waals surface area contributed by atoms with Crippen LogP contribution in [0, 0.1) is 5.82 Å². The van der Waals surface area contributed by atoms with Crippen molar-refractivity contribution in [3.05, 3.63) is 77.2 Å². The molecule has 6 rings (SSSR count). The Balaban J connectivity index is 1.38. The molecule has 0 spiro atoms. The number of aliphatic hydroxyl groups excluding tert-OH is 1. The highest BCUT2D eigenvalue weighted by Gasteiger charge is 2.32. The summed E-state index contributed by atoms with van der Waals surface area (Å²) in [7, 11) is 0. The number of fused-ring (bicyclic) bond motifs is 2. The van der Waals surface area contributed by atoms with E-state index in [9.17, 15) is 9.90 Å². The molecule has 2 atom stereocenters. The molecule has 2 N–H and O–H groups in total. The van der Waals surface area contributed by atoms with Crippen LogP contribution in [0.25, 0.3) is 33.0 Å². The molecule has 0 radical (unpaired) electrons. The van der Waals surface area contributed by atoms with E-state index >= 15 is 4.39 Å². The minimum Gasteiger partial charge on any atom is -0.365 e. The van der Waals surface area contributed by atoms with Crippen LogP contribution in [0.4, 0.5) is 10.2 Å². The van der Waals surface area contributed by atoms with Gasteiger partial charge in [-0.25, -0.2) is 14.4 Å². The first-order chi connectivity index (χ1) is 20.0. The predicted octanol–water partition coefficient (Wildman–Crippen LogP) is 4.33. The third kappa shape index (κ3) is 5.46. The summed E-state index contributed by atoms with van der Waals surface area (Å²) in [5.74, 6) is -0.677. The normalized spacial score (nSPS) is 16.5. The minimum atomic E-state index is -1.01. The summed E-state index contributed by atoms with van der Waals surface area (Å²) in [6, 6.07) is 11.5. The average Bonchev–Trinajstić information content (AvgIpc) is 3.62. The van der Waals surface area contributed by atoms with E-state index < -0.39 is 18.0 Å². The predicted molar refractivity (Wildman–Crippen MR) is 156 cm³/mol. The topological polar surface area (TPSA) is 118 Å². The quantitative estimate of drug-likeness (QED) is 0.264. The van der Waals surface area contributed by atoms with E-state index in [-0.39, 0.29) is 11.6 Å². The van der Waals surface area contributed by atoms with Crippen LogP contribution < -0.4 is 10.2 Å². The molecule has 12 heteroatoms. The van der Waals surface area contributed by atoms with Crippen molar-refractivity contribution < 1.29 is 19.0 Å². The third-order valence-electron chi connectivity index (χ3n) is 6.93. The molecule has 10 nitrogen and oxygen atoms in total. The minimum absolute atomic E-state index is 0.0642. The van der Waals surface area contributed by atoms with Gasteiger partial charge in [0.05, 0.1) is 17.3 Å². The molecule has 5 heterocycles. The largest absolute Gasteiger partial charge is 0.365 e. The maximum absolute atomic E-state index is 15.7. The van der Waals surface area contributed by atoms with Gasteiger partial charge in [0, 0.05) is 46.6 Å². The lowest BCUT2D eigenvalue weighted by Crippen LogP contribution is -2.49. The number of carbonyl (C=O) groups excluding carboxylic acids is 1. The number of pyridine rings is 2. The van der Waals surface area contributed by atoms with Crippen molar-refractivity contribution in [3.8, 4) is 5.69 Å². The second-order valence-electron chi connectivity index (χ2n) is 9.59. The molecule has 1 aliphatic rings. The maximum Gasteiger partial charge on any atom is 0.262 e. The Kier molecular flexibility index (Phi) is 7.79. The van der Waals surface area contributed by atoms with E-state index in [1.807, 2.05) is 19.1 Å². The van der Waals surface area contributed by atoms with Crippen LogP contribution in [0.2, 0.25) is 0 Å². The monoisotopic (exact) mass is 573 g/mol. The van der Waals surface area contributed by atoms with E-state index in [0.717, 1.165) is 34.3 Å². The number of ether oxygens (including phenoxy) is 1. The highest BCUT2D eigenvalue weighted by Crippen LogP contribution is 2.35. The molecule has 41 heavy (non-hydrogen) atoms. The molecule has 1 aliphatic heterocycles. The van der Waals surface area contributed by atoms with Crippen LogP contribution in [0.15, 0.2) is 60.9 Å². The molecular formula is C29H28FN7O3S. The molecule has 0 saturated carbocycles.